The standard InChI is InChI=1S/C19H18N4O5/c1-8-9(2)13-10(6-11(8)26-7-12(24)27-19(3,4)5)14-15(16(13)25)21-18-17(20-14)22-28-23-18/h6H,7H2,1-5H3. The summed E-state index contributed by atoms with van der Waals surface area (Å²) in [5, 5.41) is 7.33. The van der Waals surface area contributed by atoms with Crippen molar-refractivity contribution in [2.75, 3.05) is 6.61 Å². The molecule has 28 heavy (non-hydrogen) atoms. The molecule has 1 aliphatic carbocycles. The summed E-state index contributed by atoms with van der Waals surface area (Å²) in [6.07, 6.45) is 0. The zero-order valence-electron chi connectivity index (χ0n) is 16.1. The van der Waals surface area contributed by atoms with Gasteiger partial charge in [0.25, 0.3) is 0 Å². The Morgan fingerprint density at radius 3 is 2.36 bits per heavy atom. The van der Waals surface area contributed by atoms with Crippen LogP contribution in [0.25, 0.3) is 22.6 Å². The molecule has 4 rings (SSSR count). The van der Waals surface area contributed by atoms with E-state index in [9.17, 15) is 9.59 Å². The maximum atomic E-state index is 12.9. The number of aromatic nitrogens is 4. The Labute approximate surface area is 160 Å². The summed E-state index contributed by atoms with van der Waals surface area (Å²) in [7, 11) is 0. The van der Waals surface area contributed by atoms with Crippen LogP contribution < -0.4 is 4.74 Å². The van der Waals surface area contributed by atoms with Crippen LogP contribution in [0.4, 0.5) is 0 Å². The van der Waals surface area contributed by atoms with E-state index in [1.165, 1.54) is 0 Å². The molecule has 0 aliphatic heterocycles. The summed E-state index contributed by atoms with van der Waals surface area (Å²) >= 11 is 0. The molecular weight excluding hydrogens is 364 g/mol. The van der Waals surface area contributed by atoms with Crippen molar-refractivity contribution < 1.29 is 23.7 Å². The van der Waals surface area contributed by atoms with Crippen molar-refractivity contribution in [3.8, 4) is 17.0 Å². The summed E-state index contributed by atoms with van der Waals surface area (Å²) in [5.41, 5.74) is 2.99. The third kappa shape index (κ3) is 2.88. The van der Waals surface area contributed by atoms with Gasteiger partial charge in [-0.15, -0.1) is 0 Å². The van der Waals surface area contributed by atoms with Gasteiger partial charge in [-0.25, -0.2) is 19.4 Å². The molecule has 9 heteroatoms. The van der Waals surface area contributed by atoms with Crippen molar-refractivity contribution in [2.24, 2.45) is 0 Å². The SMILES string of the molecule is Cc1c(OCC(=O)OC(C)(C)C)cc2c(c1C)C(=O)c1nc3nonc3nc1-2. The smallest absolute Gasteiger partial charge is 0.344 e. The lowest BCUT2D eigenvalue weighted by molar-refractivity contribution is -0.157. The predicted octanol–water partition coefficient (Wildman–Crippen LogP) is 2.56. The van der Waals surface area contributed by atoms with E-state index in [1.807, 2.05) is 13.8 Å². The number of benzene rings is 1. The Morgan fingerprint density at radius 1 is 1.07 bits per heavy atom. The predicted molar refractivity (Wildman–Crippen MR) is 97.1 cm³/mol. The third-order valence-corrected chi connectivity index (χ3v) is 4.43. The first-order valence-electron chi connectivity index (χ1n) is 8.70. The van der Waals surface area contributed by atoms with Crippen molar-refractivity contribution in [1.29, 1.82) is 0 Å². The van der Waals surface area contributed by atoms with Gasteiger partial charge in [0.05, 0.1) is 0 Å². The monoisotopic (exact) mass is 382 g/mol. The van der Waals surface area contributed by atoms with Crippen LogP contribution in [0.3, 0.4) is 0 Å². The largest absolute Gasteiger partial charge is 0.482 e. The van der Waals surface area contributed by atoms with Crippen LogP contribution >= 0.6 is 0 Å². The Hall–Kier alpha value is -3.36. The minimum absolute atomic E-state index is 0.177. The van der Waals surface area contributed by atoms with Crippen molar-refractivity contribution in [2.45, 2.75) is 40.2 Å². The topological polar surface area (TPSA) is 117 Å². The van der Waals surface area contributed by atoms with Crippen LogP contribution in [-0.4, -0.2) is 44.2 Å². The second-order valence-electron chi connectivity index (χ2n) is 7.58. The Bertz CT molecular complexity index is 1140. The number of hydrogen-bond donors (Lipinski definition) is 0. The van der Waals surface area contributed by atoms with Crippen LogP contribution in [0.1, 0.15) is 48.0 Å². The molecule has 3 aromatic rings. The van der Waals surface area contributed by atoms with E-state index in [4.69, 9.17) is 9.47 Å². The number of carbonyl (C=O) groups excluding carboxylic acids is 2. The Balaban J connectivity index is 1.73. The second-order valence-corrected chi connectivity index (χ2v) is 7.58. The minimum atomic E-state index is -0.596. The molecule has 0 unspecified atom stereocenters. The molecule has 144 valence electrons. The minimum Gasteiger partial charge on any atom is -0.482 e. The zero-order valence-corrected chi connectivity index (χ0v) is 16.1. The van der Waals surface area contributed by atoms with E-state index >= 15 is 0 Å². The van der Waals surface area contributed by atoms with E-state index in [-0.39, 0.29) is 29.4 Å². The highest BCUT2D eigenvalue weighted by atomic mass is 16.6. The Morgan fingerprint density at radius 2 is 1.71 bits per heavy atom. The molecule has 0 saturated heterocycles. The van der Waals surface area contributed by atoms with Gasteiger partial charge in [-0.1, -0.05) is 0 Å². The van der Waals surface area contributed by atoms with Crippen molar-refractivity contribution in [1.82, 2.24) is 20.3 Å². The van der Waals surface area contributed by atoms with Gasteiger partial charge in [0.1, 0.15) is 22.7 Å². The number of fused-ring (bicyclic) bond motifs is 4. The number of ether oxygens (including phenoxy) is 2. The number of esters is 1. The molecule has 0 radical (unpaired) electrons. The van der Waals surface area contributed by atoms with Gasteiger partial charge in [0.15, 0.2) is 6.61 Å². The Kier molecular flexibility index (Phi) is 3.91. The summed E-state index contributed by atoms with van der Waals surface area (Å²) < 4.78 is 15.6. The zero-order chi connectivity index (χ0) is 20.2. The third-order valence-electron chi connectivity index (χ3n) is 4.43. The fourth-order valence-electron chi connectivity index (χ4n) is 3.13. The quantitative estimate of drug-likeness (QED) is 0.493. The highest BCUT2D eigenvalue weighted by Crippen LogP contribution is 2.41. The molecular formula is C19H18N4O5. The van der Waals surface area contributed by atoms with Gasteiger partial charge >= 0.3 is 5.97 Å². The number of rotatable bonds is 3. The molecule has 2 heterocycles. The molecule has 1 aromatic carbocycles. The molecule has 2 aromatic heterocycles. The lowest BCUT2D eigenvalue weighted by Gasteiger charge is -2.20. The highest BCUT2D eigenvalue weighted by Gasteiger charge is 2.34. The van der Waals surface area contributed by atoms with E-state index < -0.39 is 11.6 Å². The average molecular weight is 382 g/mol. The van der Waals surface area contributed by atoms with Crippen LogP contribution in [0.2, 0.25) is 0 Å². The van der Waals surface area contributed by atoms with Crippen molar-refractivity contribution >= 4 is 23.0 Å². The maximum Gasteiger partial charge on any atom is 0.344 e. The van der Waals surface area contributed by atoms with Crippen LogP contribution in [-0.2, 0) is 9.53 Å². The molecule has 0 amide bonds. The lowest BCUT2D eigenvalue weighted by Crippen LogP contribution is -2.27. The van der Waals surface area contributed by atoms with Crippen LogP contribution in [0.15, 0.2) is 10.7 Å². The molecule has 0 N–H and O–H groups in total. The van der Waals surface area contributed by atoms with Gasteiger partial charge in [-0.2, -0.15) is 0 Å². The molecule has 0 fully saturated rings. The van der Waals surface area contributed by atoms with E-state index in [0.29, 0.717) is 22.6 Å². The molecule has 1 aliphatic rings. The first-order chi connectivity index (χ1) is 13.2. The van der Waals surface area contributed by atoms with Crippen molar-refractivity contribution in [3.05, 3.63) is 28.5 Å². The second kappa shape index (κ2) is 6.08. The summed E-state index contributed by atoms with van der Waals surface area (Å²) in [5.74, 6) is -0.235. The normalized spacial score (nSPS) is 12.8. The fourth-order valence-corrected chi connectivity index (χ4v) is 3.13. The molecule has 9 nitrogen and oxygen atoms in total. The fraction of sp³-hybridized carbons (Fsp3) is 0.368. The molecule has 0 atom stereocenters. The van der Waals surface area contributed by atoms with E-state index in [0.717, 1.165) is 11.1 Å². The van der Waals surface area contributed by atoms with E-state index in [2.05, 4.69) is 24.9 Å². The first-order valence-corrected chi connectivity index (χ1v) is 8.70. The van der Waals surface area contributed by atoms with Gasteiger partial charge in [-0.05, 0) is 62.1 Å². The van der Waals surface area contributed by atoms with Gasteiger partial charge in [-0.3, -0.25) is 4.79 Å². The lowest BCUT2D eigenvalue weighted by atomic mass is 9.97. The molecule has 0 bridgehead atoms. The average Bonchev–Trinajstić information content (AvgIpc) is 3.16. The molecule has 0 spiro atoms. The maximum absolute atomic E-state index is 12.9. The van der Waals surface area contributed by atoms with Gasteiger partial charge < -0.3 is 9.47 Å². The molecule has 0 saturated carbocycles. The first kappa shape index (κ1) is 18.0. The van der Waals surface area contributed by atoms with Gasteiger partial charge in [0.2, 0.25) is 17.1 Å². The summed E-state index contributed by atoms with van der Waals surface area (Å²) in [6, 6.07) is 1.69. The summed E-state index contributed by atoms with van der Waals surface area (Å²) in [6.45, 7) is 8.78. The number of hydrogen-bond acceptors (Lipinski definition) is 9. The van der Waals surface area contributed by atoms with Crippen LogP contribution in [0.5, 0.6) is 5.75 Å². The number of carbonyl (C=O) groups is 2. The van der Waals surface area contributed by atoms with E-state index in [1.54, 1.807) is 26.8 Å². The highest BCUT2D eigenvalue weighted by molar-refractivity contribution is 6.21. The summed E-state index contributed by atoms with van der Waals surface area (Å²) in [4.78, 5) is 33.4. The van der Waals surface area contributed by atoms with Crippen molar-refractivity contribution in [3.63, 3.8) is 0 Å². The van der Waals surface area contributed by atoms with Crippen LogP contribution in [0, 0.1) is 13.8 Å². The number of ketones is 1. The number of nitrogens with zero attached hydrogens (tertiary/aromatic N) is 4. The van der Waals surface area contributed by atoms with Gasteiger partial charge in [0, 0.05) is 11.1 Å².